The number of anilines is 1. The molecule has 0 heterocycles. The lowest BCUT2D eigenvalue weighted by atomic mass is 10.1. The van der Waals surface area contributed by atoms with Gasteiger partial charge in [0.05, 0.1) is 12.6 Å². The van der Waals surface area contributed by atoms with Gasteiger partial charge < -0.3 is 16.0 Å². The quantitative estimate of drug-likeness (QED) is 0.744. The summed E-state index contributed by atoms with van der Waals surface area (Å²) < 4.78 is 0. The standard InChI is InChI=1S/C21H27N3O2/c1-15(16-9-6-5-7-10-16)23-20(26)17-11-8-12-18(13-17)24-19(25)14-22-21(2,3)4/h5-13,15,22H,14H2,1-4H3,(H,23,26)(H,24,25). The van der Waals surface area contributed by atoms with Gasteiger partial charge in [0.15, 0.2) is 0 Å². The fraction of sp³-hybridized carbons (Fsp3) is 0.333. The summed E-state index contributed by atoms with van der Waals surface area (Å²) in [6.07, 6.45) is 0. The van der Waals surface area contributed by atoms with E-state index in [-0.39, 0.29) is 29.9 Å². The Morgan fingerprint density at radius 3 is 2.35 bits per heavy atom. The van der Waals surface area contributed by atoms with E-state index in [2.05, 4.69) is 16.0 Å². The molecule has 1 atom stereocenters. The van der Waals surface area contributed by atoms with Gasteiger partial charge in [-0.3, -0.25) is 9.59 Å². The lowest BCUT2D eigenvalue weighted by molar-refractivity contribution is -0.115. The SMILES string of the molecule is CC(NC(=O)c1cccc(NC(=O)CNC(C)(C)C)c1)c1ccccc1. The van der Waals surface area contributed by atoms with Crippen molar-refractivity contribution >= 4 is 17.5 Å². The molecule has 0 aromatic heterocycles. The van der Waals surface area contributed by atoms with Crippen molar-refractivity contribution in [1.82, 2.24) is 10.6 Å². The molecule has 2 amide bonds. The number of nitrogens with one attached hydrogen (secondary N) is 3. The zero-order valence-electron chi connectivity index (χ0n) is 15.8. The molecule has 0 fully saturated rings. The summed E-state index contributed by atoms with van der Waals surface area (Å²) in [7, 11) is 0. The summed E-state index contributed by atoms with van der Waals surface area (Å²) in [6.45, 7) is 8.15. The molecule has 0 saturated heterocycles. The third-order valence-corrected chi connectivity index (χ3v) is 3.83. The summed E-state index contributed by atoms with van der Waals surface area (Å²) >= 11 is 0. The molecule has 0 aliphatic rings. The predicted molar refractivity (Wildman–Crippen MR) is 105 cm³/mol. The van der Waals surface area contributed by atoms with Crippen LogP contribution in [0.25, 0.3) is 0 Å². The molecule has 0 spiro atoms. The van der Waals surface area contributed by atoms with Crippen LogP contribution in [0.2, 0.25) is 0 Å². The Kier molecular flexibility index (Phi) is 6.52. The zero-order valence-corrected chi connectivity index (χ0v) is 15.8. The third kappa shape index (κ3) is 6.33. The first-order chi connectivity index (χ1) is 12.2. The average Bonchev–Trinajstić information content (AvgIpc) is 2.60. The molecule has 2 aromatic carbocycles. The minimum atomic E-state index is -0.176. The highest BCUT2D eigenvalue weighted by molar-refractivity contribution is 5.97. The van der Waals surface area contributed by atoms with E-state index in [1.165, 1.54) is 0 Å². The number of hydrogen-bond donors (Lipinski definition) is 3. The van der Waals surface area contributed by atoms with Crippen molar-refractivity contribution in [3.05, 3.63) is 65.7 Å². The molecule has 5 heteroatoms. The highest BCUT2D eigenvalue weighted by atomic mass is 16.2. The summed E-state index contributed by atoms with van der Waals surface area (Å²) in [5, 5.41) is 8.92. The Balaban J connectivity index is 1.97. The number of carbonyl (C=O) groups is 2. The van der Waals surface area contributed by atoms with Crippen LogP contribution in [0.5, 0.6) is 0 Å². The first kappa shape index (κ1) is 19.7. The molecule has 1 unspecified atom stereocenters. The van der Waals surface area contributed by atoms with E-state index >= 15 is 0 Å². The topological polar surface area (TPSA) is 70.2 Å². The van der Waals surface area contributed by atoms with Crippen LogP contribution in [0.4, 0.5) is 5.69 Å². The summed E-state index contributed by atoms with van der Waals surface area (Å²) in [4.78, 5) is 24.5. The van der Waals surface area contributed by atoms with Crippen LogP contribution in [-0.4, -0.2) is 23.9 Å². The highest BCUT2D eigenvalue weighted by Crippen LogP contribution is 2.15. The van der Waals surface area contributed by atoms with Gasteiger partial charge in [0.2, 0.25) is 5.91 Å². The smallest absolute Gasteiger partial charge is 0.251 e. The minimum absolute atomic E-state index is 0.0991. The molecule has 3 N–H and O–H groups in total. The van der Waals surface area contributed by atoms with E-state index in [1.807, 2.05) is 58.0 Å². The maximum absolute atomic E-state index is 12.5. The van der Waals surface area contributed by atoms with Crippen LogP contribution >= 0.6 is 0 Å². The lowest BCUT2D eigenvalue weighted by Gasteiger charge is -2.20. The van der Waals surface area contributed by atoms with E-state index < -0.39 is 0 Å². The second-order valence-corrected chi connectivity index (χ2v) is 7.34. The number of carbonyl (C=O) groups excluding carboxylic acids is 2. The molecule has 2 aromatic rings. The van der Waals surface area contributed by atoms with E-state index in [1.54, 1.807) is 24.3 Å². The maximum Gasteiger partial charge on any atom is 0.251 e. The van der Waals surface area contributed by atoms with Gasteiger partial charge in [-0.15, -0.1) is 0 Å². The molecule has 0 radical (unpaired) electrons. The van der Waals surface area contributed by atoms with Crippen molar-refractivity contribution < 1.29 is 9.59 Å². The van der Waals surface area contributed by atoms with Crippen LogP contribution in [-0.2, 0) is 4.79 Å². The predicted octanol–water partition coefficient (Wildman–Crippen LogP) is 3.50. The van der Waals surface area contributed by atoms with E-state index in [0.717, 1.165) is 5.56 Å². The fourth-order valence-corrected chi connectivity index (χ4v) is 2.39. The molecule has 138 valence electrons. The molecule has 26 heavy (non-hydrogen) atoms. The lowest BCUT2D eigenvalue weighted by Crippen LogP contribution is -2.41. The summed E-state index contributed by atoms with van der Waals surface area (Å²) in [5.41, 5.74) is 2.02. The molecule has 0 saturated carbocycles. The van der Waals surface area contributed by atoms with Gasteiger partial charge in [-0.2, -0.15) is 0 Å². The zero-order chi connectivity index (χ0) is 19.2. The monoisotopic (exact) mass is 353 g/mol. The Morgan fingerprint density at radius 1 is 1.00 bits per heavy atom. The van der Waals surface area contributed by atoms with Crippen LogP contribution in [0, 0.1) is 0 Å². The molecular weight excluding hydrogens is 326 g/mol. The Labute approximate surface area is 155 Å². The van der Waals surface area contributed by atoms with Crippen molar-refractivity contribution in [3.8, 4) is 0 Å². The van der Waals surface area contributed by atoms with Gasteiger partial charge in [-0.05, 0) is 51.5 Å². The van der Waals surface area contributed by atoms with E-state index in [0.29, 0.717) is 11.3 Å². The summed E-state index contributed by atoms with van der Waals surface area (Å²) in [6, 6.07) is 16.6. The minimum Gasteiger partial charge on any atom is -0.346 e. The number of rotatable bonds is 6. The van der Waals surface area contributed by atoms with Gasteiger partial charge in [0, 0.05) is 16.8 Å². The van der Waals surface area contributed by atoms with Crippen LogP contribution < -0.4 is 16.0 Å². The molecule has 0 aliphatic carbocycles. The molecule has 2 rings (SSSR count). The van der Waals surface area contributed by atoms with Crippen molar-refractivity contribution in [2.75, 3.05) is 11.9 Å². The molecule has 0 bridgehead atoms. The highest BCUT2D eigenvalue weighted by Gasteiger charge is 2.14. The van der Waals surface area contributed by atoms with Gasteiger partial charge in [-0.1, -0.05) is 36.4 Å². The van der Waals surface area contributed by atoms with Crippen molar-refractivity contribution in [3.63, 3.8) is 0 Å². The Morgan fingerprint density at radius 2 is 1.69 bits per heavy atom. The van der Waals surface area contributed by atoms with Gasteiger partial charge >= 0.3 is 0 Å². The maximum atomic E-state index is 12.5. The first-order valence-corrected chi connectivity index (χ1v) is 8.75. The number of amides is 2. The van der Waals surface area contributed by atoms with Gasteiger partial charge in [0.25, 0.3) is 5.91 Å². The second kappa shape index (κ2) is 8.63. The first-order valence-electron chi connectivity index (χ1n) is 8.75. The van der Waals surface area contributed by atoms with Crippen LogP contribution in [0.1, 0.15) is 49.7 Å². The second-order valence-electron chi connectivity index (χ2n) is 7.34. The van der Waals surface area contributed by atoms with Crippen molar-refractivity contribution in [2.24, 2.45) is 0 Å². The normalized spacial score (nSPS) is 12.3. The largest absolute Gasteiger partial charge is 0.346 e. The number of benzene rings is 2. The van der Waals surface area contributed by atoms with E-state index in [4.69, 9.17) is 0 Å². The van der Waals surface area contributed by atoms with E-state index in [9.17, 15) is 9.59 Å². The Bertz CT molecular complexity index is 751. The summed E-state index contributed by atoms with van der Waals surface area (Å²) in [5.74, 6) is -0.319. The Hall–Kier alpha value is -2.66. The number of hydrogen-bond acceptors (Lipinski definition) is 3. The van der Waals surface area contributed by atoms with Gasteiger partial charge in [0.1, 0.15) is 0 Å². The molecule has 0 aliphatic heterocycles. The van der Waals surface area contributed by atoms with Crippen LogP contribution in [0.3, 0.4) is 0 Å². The molecule has 5 nitrogen and oxygen atoms in total. The van der Waals surface area contributed by atoms with Crippen molar-refractivity contribution in [1.29, 1.82) is 0 Å². The average molecular weight is 353 g/mol. The fourth-order valence-electron chi connectivity index (χ4n) is 2.39. The van der Waals surface area contributed by atoms with Crippen molar-refractivity contribution in [2.45, 2.75) is 39.3 Å². The van der Waals surface area contributed by atoms with Crippen LogP contribution in [0.15, 0.2) is 54.6 Å². The van der Waals surface area contributed by atoms with Gasteiger partial charge in [-0.25, -0.2) is 0 Å². The molecular formula is C21H27N3O2. The third-order valence-electron chi connectivity index (χ3n) is 3.83.